The van der Waals surface area contributed by atoms with Gasteiger partial charge < -0.3 is 5.73 Å². The summed E-state index contributed by atoms with van der Waals surface area (Å²) >= 11 is 0. The number of nitrogens with two attached hydrogens (primary N) is 1. The van der Waals surface area contributed by atoms with Gasteiger partial charge in [0.15, 0.2) is 0 Å². The van der Waals surface area contributed by atoms with E-state index >= 15 is 0 Å². The maximum atomic E-state index is 11.1. The molecule has 2 aromatic rings. The third kappa shape index (κ3) is 2.95. The van der Waals surface area contributed by atoms with Crippen LogP contribution in [-0.2, 0) is 11.2 Å². The van der Waals surface area contributed by atoms with Crippen molar-refractivity contribution in [1.29, 1.82) is 0 Å². The molecule has 0 aliphatic heterocycles. The van der Waals surface area contributed by atoms with Crippen molar-refractivity contribution in [3.05, 3.63) is 64.2 Å². The van der Waals surface area contributed by atoms with Gasteiger partial charge in [-0.1, -0.05) is 30.3 Å². The molecule has 0 aliphatic carbocycles. The highest BCUT2D eigenvalue weighted by Gasteiger charge is 2.13. The van der Waals surface area contributed by atoms with Gasteiger partial charge in [-0.05, 0) is 22.8 Å². The quantitative estimate of drug-likeness (QED) is 0.672. The summed E-state index contributed by atoms with van der Waals surface area (Å²) in [6.45, 7) is 0. The van der Waals surface area contributed by atoms with E-state index in [2.05, 4.69) is 0 Å². The van der Waals surface area contributed by atoms with Gasteiger partial charge in [0.1, 0.15) is 0 Å². The van der Waals surface area contributed by atoms with E-state index in [0.717, 1.165) is 11.1 Å². The van der Waals surface area contributed by atoms with E-state index in [1.54, 1.807) is 6.07 Å². The van der Waals surface area contributed by atoms with E-state index in [4.69, 9.17) is 5.73 Å². The van der Waals surface area contributed by atoms with Crippen LogP contribution >= 0.6 is 0 Å². The number of carbonyl (C=O) groups is 1. The van der Waals surface area contributed by atoms with Crippen LogP contribution in [0.2, 0.25) is 0 Å². The minimum absolute atomic E-state index is 0.0219. The molecule has 96 valence electrons. The molecule has 5 nitrogen and oxygen atoms in total. The smallest absolute Gasteiger partial charge is 0.269 e. The Kier molecular flexibility index (Phi) is 3.56. The number of amides is 1. The summed E-state index contributed by atoms with van der Waals surface area (Å²) in [5.41, 5.74) is 7.39. The Labute approximate surface area is 109 Å². The summed E-state index contributed by atoms with van der Waals surface area (Å²) < 4.78 is 0. The maximum Gasteiger partial charge on any atom is 0.269 e. The van der Waals surface area contributed by atoms with E-state index in [1.807, 2.05) is 30.3 Å². The van der Waals surface area contributed by atoms with Crippen LogP contribution in [0.5, 0.6) is 0 Å². The third-order valence-electron chi connectivity index (χ3n) is 2.75. The van der Waals surface area contributed by atoms with Crippen molar-refractivity contribution in [3.8, 4) is 11.1 Å². The molecule has 0 aromatic heterocycles. The number of rotatable bonds is 4. The Hall–Kier alpha value is -2.69. The van der Waals surface area contributed by atoms with E-state index in [1.165, 1.54) is 12.1 Å². The average molecular weight is 256 g/mol. The molecule has 0 unspecified atom stereocenters. The molecule has 0 saturated carbocycles. The summed E-state index contributed by atoms with van der Waals surface area (Å²) in [4.78, 5) is 21.4. The van der Waals surface area contributed by atoms with Gasteiger partial charge >= 0.3 is 0 Å². The predicted molar refractivity (Wildman–Crippen MR) is 71.4 cm³/mol. The summed E-state index contributed by atoms with van der Waals surface area (Å²) in [5, 5.41) is 10.8. The first kappa shape index (κ1) is 12.8. The minimum atomic E-state index is -0.516. The Balaban J connectivity index is 2.54. The summed E-state index contributed by atoms with van der Waals surface area (Å²) in [5.74, 6) is -0.516. The van der Waals surface area contributed by atoms with Gasteiger partial charge in [0, 0.05) is 12.1 Å². The summed E-state index contributed by atoms with van der Waals surface area (Å²) in [6, 6.07) is 13.8. The number of benzene rings is 2. The molecule has 0 atom stereocenters. The summed E-state index contributed by atoms with van der Waals surface area (Å²) in [7, 11) is 0. The SMILES string of the molecule is NC(=O)Cc1cc([N+](=O)[O-])ccc1-c1ccccc1. The molecule has 0 spiro atoms. The average Bonchev–Trinajstić information content (AvgIpc) is 2.39. The van der Waals surface area contributed by atoms with Crippen molar-refractivity contribution >= 4 is 11.6 Å². The van der Waals surface area contributed by atoms with Gasteiger partial charge in [0.2, 0.25) is 5.91 Å². The van der Waals surface area contributed by atoms with Gasteiger partial charge in [-0.3, -0.25) is 14.9 Å². The number of primary amides is 1. The fourth-order valence-electron chi connectivity index (χ4n) is 1.93. The lowest BCUT2D eigenvalue weighted by Gasteiger charge is -2.08. The van der Waals surface area contributed by atoms with Gasteiger partial charge in [-0.25, -0.2) is 0 Å². The molecule has 19 heavy (non-hydrogen) atoms. The first-order valence-electron chi connectivity index (χ1n) is 5.69. The zero-order chi connectivity index (χ0) is 13.8. The standard InChI is InChI=1S/C14H12N2O3/c15-14(17)9-11-8-12(16(18)19)6-7-13(11)10-4-2-1-3-5-10/h1-8H,9H2,(H2,15,17). The Morgan fingerprint density at radius 1 is 1.16 bits per heavy atom. The Morgan fingerprint density at radius 3 is 2.42 bits per heavy atom. The lowest BCUT2D eigenvalue weighted by atomic mass is 9.97. The van der Waals surface area contributed by atoms with E-state index < -0.39 is 10.8 Å². The second-order valence-electron chi connectivity index (χ2n) is 4.11. The molecule has 2 N–H and O–H groups in total. The third-order valence-corrected chi connectivity index (χ3v) is 2.75. The fourth-order valence-corrected chi connectivity index (χ4v) is 1.93. The first-order chi connectivity index (χ1) is 9.08. The largest absolute Gasteiger partial charge is 0.369 e. The highest BCUT2D eigenvalue weighted by atomic mass is 16.6. The molecular formula is C14H12N2O3. The van der Waals surface area contributed by atoms with Gasteiger partial charge in [-0.2, -0.15) is 0 Å². The topological polar surface area (TPSA) is 86.2 Å². The zero-order valence-corrected chi connectivity index (χ0v) is 10.1. The Bertz CT molecular complexity index is 624. The Morgan fingerprint density at radius 2 is 1.84 bits per heavy atom. The van der Waals surface area contributed by atoms with E-state index in [0.29, 0.717) is 5.56 Å². The van der Waals surface area contributed by atoms with Gasteiger partial charge in [-0.15, -0.1) is 0 Å². The number of nitro groups is 1. The van der Waals surface area contributed by atoms with Crippen LogP contribution in [0.1, 0.15) is 5.56 Å². The van der Waals surface area contributed by atoms with Crippen molar-refractivity contribution in [2.45, 2.75) is 6.42 Å². The highest BCUT2D eigenvalue weighted by molar-refractivity contribution is 5.81. The fraction of sp³-hybridized carbons (Fsp3) is 0.0714. The van der Waals surface area contributed by atoms with Crippen LogP contribution in [0.3, 0.4) is 0 Å². The monoisotopic (exact) mass is 256 g/mol. The van der Waals surface area contributed by atoms with Crippen molar-refractivity contribution in [1.82, 2.24) is 0 Å². The molecule has 0 radical (unpaired) electrons. The predicted octanol–water partition coefficient (Wildman–Crippen LogP) is 2.29. The van der Waals surface area contributed by atoms with Crippen LogP contribution in [0.4, 0.5) is 5.69 Å². The molecule has 0 heterocycles. The normalized spacial score (nSPS) is 10.1. The van der Waals surface area contributed by atoms with Crippen molar-refractivity contribution < 1.29 is 9.72 Å². The van der Waals surface area contributed by atoms with E-state index in [9.17, 15) is 14.9 Å². The maximum absolute atomic E-state index is 11.1. The van der Waals surface area contributed by atoms with Crippen LogP contribution in [0, 0.1) is 10.1 Å². The summed E-state index contributed by atoms with van der Waals surface area (Å²) in [6.07, 6.45) is -0.0219. The van der Waals surface area contributed by atoms with Crippen LogP contribution in [0.15, 0.2) is 48.5 Å². The molecule has 0 aliphatic rings. The zero-order valence-electron chi connectivity index (χ0n) is 10.1. The molecule has 0 bridgehead atoms. The molecule has 1 amide bonds. The van der Waals surface area contributed by atoms with Crippen molar-refractivity contribution in [2.24, 2.45) is 5.73 Å². The van der Waals surface area contributed by atoms with Gasteiger partial charge in [0.25, 0.3) is 5.69 Å². The van der Waals surface area contributed by atoms with Crippen LogP contribution < -0.4 is 5.73 Å². The lowest BCUT2D eigenvalue weighted by Crippen LogP contribution is -2.14. The molecule has 0 fully saturated rings. The molecule has 2 aromatic carbocycles. The highest BCUT2D eigenvalue weighted by Crippen LogP contribution is 2.27. The van der Waals surface area contributed by atoms with Crippen molar-refractivity contribution in [2.75, 3.05) is 0 Å². The number of non-ortho nitro benzene ring substituents is 1. The van der Waals surface area contributed by atoms with Crippen LogP contribution in [0.25, 0.3) is 11.1 Å². The molecular weight excluding hydrogens is 244 g/mol. The first-order valence-corrected chi connectivity index (χ1v) is 5.69. The number of carbonyl (C=O) groups excluding carboxylic acids is 1. The molecule has 5 heteroatoms. The molecule has 0 saturated heterocycles. The number of nitrogens with zero attached hydrogens (tertiary/aromatic N) is 1. The van der Waals surface area contributed by atoms with E-state index in [-0.39, 0.29) is 12.1 Å². The number of nitro benzene ring substituents is 1. The minimum Gasteiger partial charge on any atom is -0.369 e. The van der Waals surface area contributed by atoms with Crippen molar-refractivity contribution in [3.63, 3.8) is 0 Å². The molecule has 2 rings (SSSR count). The second-order valence-corrected chi connectivity index (χ2v) is 4.11. The van der Waals surface area contributed by atoms with Crippen LogP contribution in [-0.4, -0.2) is 10.8 Å². The second kappa shape index (κ2) is 5.30. The lowest BCUT2D eigenvalue weighted by molar-refractivity contribution is -0.384. The number of hydrogen-bond donors (Lipinski definition) is 1. The van der Waals surface area contributed by atoms with Gasteiger partial charge in [0.05, 0.1) is 11.3 Å². The number of hydrogen-bond acceptors (Lipinski definition) is 3.